The van der Waals surface area contributed by atoms with Crippen molar-refractivity contribution in [3.05, 3.63) is 23.9 Å². The van der Waals surface area contributed by atoms with Crippen molar-refractivity contribution < 1.29 is 14.3 Å². The Labute approximate surface area is 106 Å². The molecule has 0 aliphatic heterocycles. The zero-order chi connectivity index (χ0) is 13.7. The molecule has 6 nitrogen and oxygen atoms in total. The summed E-state index contributed by atoms with van der Waals surface area (Å²) >= 11 is 0. The maximum atomic E-state index is 12.0. The van der Waals surface area contributed by atoms with Crippen LogP contribution in [0.1, 0.15) is 10.4 Å². The van der Waals surface area contributed by atoms with E-state index in [1.54, 1.807) is 30.3 Å². The number of amides is 1. The number of nitrogens with zero attached hydrogens (tertiary/aromatic N) is 3. The van der Waals surface area contributed by atoms with Crippen LogP contribution in [0.4, 0.5) is 5.82 Å². The van der Waals surface area contributed by atoms with Gasteiger partial charge in [0.15, 0.2) is 0 Å². The van der Waals surface area contributed by atoms with E-state index in [9.17, 15) is 9.59 Å². The van der Waals surface area contributed by atoms with Crippen LogP contribution in [-0.2, 0) is 9.53 Å². The second kappa shape index (κ2) is 6.00. The minimum atomic E-state index is -0.451. The summed E-state index contributed by atoms with van der Waals surface area (Å²) in [5, 5.41) is 0. The lowest BCUT2D eigenvalue weighted by Crippen LogP contribution is -2.32. The second-order valence-corrected chi connectivity index (χ2v) is 4.03. The Balaban J connectivity index is 2.83. The Bertz CT molecular complexity index is 446. The number of carbonyl (C=O) groups is 2. The molecule has 0 spiro atoms. The van der Waals surface area contributed by atoms with E-state index in [0.717, 1.165) is 0 Å². The topological polar surface area (TPSA) is 62.7 Å². The molecule has 0 saturated carbocycles. The first-order valence-corrected chi connectivity index (χ1v) is 5.41. The van der Waals surface area contributed by atoms with Gasteiger partial charge in [0, 0.05) is 32.9 Å². The first-order chi connectivity index (χ1) is 8.45. The van der Waals surface area contributed by atoms with E-state index in [2.05, 4.69) is 9.72 Å². The molecule has 0 atom stereocenters. The average Bonchev–Trinajstić information content (AvgIpc) is 2.37. The van der Waals surface area contributed by atoms with Gasteiger partial charge in [0.1, 0.15) is 12.4 Å². The molecular weight excluding hydrogens is 234 g/mol. The summed E-state index contributed by atoms with van der Waals surface area (Å²) in [4.78, 5) is 30.4. The van der Waals surface area contributed by atoms with Gasteiger partial charge in [-0.15, -0.1) is 0 Å². The summed E-state index contributed by atoms with van der Waals surface area (Å²) < 4.78 is 4.52. The number of rotatable bonds is 4. The number of likely N-dealkylation sites (N-methyl/N-ethyl adjacent to an activating group) is 1. The molecule has 1 amide bonds. The smallest absolute Gasteiger partial charge is 0.325 e. The Kier molecular flexibility index (Phi) is 4.65. The van der Waals surface area contributed by atoms with Crippen molar-refractivity contribution in [2.75, 3.05) is 39.7 Å². The van der Waals surface area contributed by atoms with Crippen molar-refractivity contribution in [2.45, 2.75) is 0 Å². The average molecular weight is 251 g/mol. The molecule has 0 aliphatic carbocycles. The molecule has 1 aromatic heterocycles. The highest BCUT2D eigenvalue weighted by Crippen LogP contribution is 2.11. The number of methoxy groups -OCH3 is 1. The normalized spacial score (nSPS) is 9.78. The highest BCUT2D eigenvalue weighted by molar-refractivity contribution is 5.96. The summed E-state index contributed by atoms with van der Waals surface area (Å²) in [5.41, 5.74) is 0.486. The van der Waals surface area contributed by atoms with Crippen LogP contribution in [0.5, 0.6) is 0 Å². The van der Waals surface area contributed by atoms with Gasteiger partial charge in [-0.3, -0.25) is 9.59 Å². The van der Waals surface area contributed by atoms with E-state index in [-0.39, 0.29) is 12.5 Å². The lowest BCUT2D eigenvalue weighted by Gasteiger charge is -2.17. The number of carbonyl (C=O) groups excluding carboxylic acids is 2. The summed E-state index contributed by atoms with van der Waals surface area (Å²) in [7, 11) is 6.52. The predicted octanol–water partition coefficient (Wildman–Crippen LogP) is 0.393. The molecular formula is C12H17N3O3. The molecule has 18 heavy (non-hydrogen) atoms. The van der Waals surface area contributed by atoms with Crippen LogP contribution in [0, 0.1) is 0 Å². The Morgan fingerprint density at radius 2 is 2.00 bits per heavy atom. The number of aromatic nitrogens is 1. The summed E-state index contributed by atoms with van der Waals surface area (Å²) in [6.45, 7) is -0.0745. The molecule has 0 N–H and O–H groups in total. The van der Waals surface area contributed by atoms with E-state index in [1.165, 1.54) is 12.0 Å². The molecule has 6 heteroatoms. The third-order valence-corrected chi connectivity index (χ3v) is 2.39. The number of pyridine rings is 1. The molecule has 0 radical (unpaired) electrons. The van der Waals surface area contributed by atoms with E-state index in [0.29, 0.717) is 11.4 Å². The lowest BCUT2D eigenvalue weighted by atomic mass is 10.2. The standard InChI is InChI=1S/C12H17N3O3/c1-14(2)10-7-9(5-6-13-10)12(17)15(3)8-11(16)18-4/h5-7H,8H2,1-4H3. The van der Waals surface area contributed by atoms with Crippen LogP contribution in [0.15, 0.2) is 18.3 Å². The maximum absolute atomic E-state index is 12.0. The Morgan fingerprint density at radius 3 is 2.56 bits per heavy atom. The highest BCUT2D eigenvalue weighted by atomic mass is 16.5. The van der Waals surface area contributed by atoms with Crippen LogP contribution >= 0.6 is 0 Å². The number of esters is 1. The molecule has 98 valence electrons. The van der Waals surface area contributed by atoms with Gasteiger partial charge >= 0.3 is 5.97 Å². The number of hydrogen-bond acceptors (Lipinski definition) is 5. The fraction of sp³-hybridized carbons (Fsp3) is 0.417. The molecule has 0 aliphatic rings. The van der Waals surface area contributed by atoms with E-state index in [4.69, 9.17) is 0 Å². The van der Waals surface area contributed by atoms with Gasteiger partial charge in [0.25, 0.3) is 5.91 Å². The van der Waals surface area contributed by atoms with Crippen molar-refractivity contribution in [3.8, 4) is 0 Å². The van der Waals surface area contributed by atoms with Gasteiger partial charge in [0.05, 0.1) is 7.11 Å². The van der Waals surface area contributed by atoms with Crippen molar-refractivity contribution >= 4 is 17.7 Å². The first-order valence-electron chi connectivity index (χ1n) is 5.41. The van der Waals surface area contributed by atoms with Crippen LogP contribution in [0.25, 0.3) is 0 Å². The SMILES string of the molecule is COC(=O)CN(C)C(=O)c1ccnc(N(C)C)c1. The van der Waals surface area contributed by atoms with Crippen molar-refractivity contribution in [3.63, 3.8) is 0 Å². The minimum Gasteiger partial charge on any atom is -0.468 e. The van der Waals surface area contributed by atoms with Gasteiger partial charge in [-0.1, -0.05) is 0 Å². The van der Waals surface area contributed by atoms with E-state index >= 15 is 0 Å². The number of ether oxygens (including phenoxy) is 1. The highest BCUT2D eigenvalue weighted by Gasteiger charge is 2.15. The van der Waals surface area contributed by atoms with E-state index in [1.807, 2.05) is 14.1 Å². The quantitative estimate of drug-likeness (QED) is 0.724. The molecule has 0 fully saturated rings. The molecule has 0 bridgehead atoms. The second-order valence-electron chi connectivity index (χ2n) is 4.03. The fourth-order valence-electron chi connectivity index (χ4n) is 1.35. The summed E-state index contributed by atoms with van der Waals surface area (Å²) in [6.07, 6.45) is 1.56. The maximum Gasteiger partial charge on any atom is 0.325 e. The summed E-state index contributed by atoms with van der Waals surface area (Å²) in [6, 6.07) is 3.29. The largest absolute Gasteiger partial charge is 0.468 e. The van der Waals surface area contributed by atoms with Crippen LogP contribution in [-0.4, -0.2) is 56.6 Å². The van der Waals surface area contributed by atoms with Gasteiger partial charge in [0.2, 0.25) is 0 Å². The molecule has 1 aromatic rings. The molecule has 1 rings (SSSR count). The van der Waals surface area contributed by atoms with Crippen LogP contribution in [0.3, 0.4) is 0 Å². The molecule has 1 heterocycles. The molecule has 0 aromatic carbocycles. The van der Waals surface area contributed by atoms with E-state index < -0.39 is 5.97 Å². The van der Waals surface area contributed by atoms with Gasteiger partial charge in [-0.25, -0.2) is 4.98 Å². The summed E-state index contributed by atoms with van der Waals surface area (Å²) in [5.74, 6) is -0.00837. The lowest BCUT2D eigenvalue weighted by molar-refractivity contribution is -0.141. The van der Waals surface area contributed by atoms with Crippen molar-refractivity contribution in [2.24, 2.45) is 0 Å². The Hall–Kier alpha value is -2.11. The Morgan fingerprint density at radius 1 is 1.33 bits per heavy atom. The van der Waals surface area contributed by atoms with Crippen LogP contribution in [0.2, 0.25) is 0 Å². The fourth-order valence-corrected chi connectivity index (χ4v) is 1.35. The third-order valence-electron chi connectivity index (χ3n) is 2.39. The zero-order valence-corrected chi connectivity index (χ0v) is 11.0. The first kappa shape index (κ1) is 14.0. The van der Waals surface area contributed by atoms with Gasteiger partial charge < -0.3 is 14.5 Å². The predicted molar refractivity (Wildman–Crippen MR) is 67.5 cm³/mol. The third kappa shape index (κ3) is 3.44. The molecule has 0 unspecified atom stereocenters. The minimum absolute atomic E-state index is 0.0745. The number of anilines is 1. The van der Waals surface area contributed by atoms with Crippen LogP contribution < -0.4 is 4.90 Å². The molecule has 0 saturated heterocycles. The van der Waals surface area contributed by atoms with Crippen molar-refractivity contribution in [1.82, 2.24) is 9.88 Å². The van der Waals surface area contributed by atoms with Gasteiger partial charge in [-0.2, -0.15) is 0 Å². The van der Waals surface area contributed by atoms with Crippen molar-refractivity contribution in [1.29, 1.82) is 0 Å². The van der Waals surface area contributed by atoms with Gasteiger partial charge in [-0.05, 0) is 12.1 Å². The zero-order valence-electron chi connectivity index (χ0n) is 11.0. The monoisotopic (exact) mass is 251 g/mol. The number of hydrogen-bond donors (Lipinski definition) is 0.